The van der Waals surface area contributed by atoms with Crippen LogP contribution in [0.25, 0.3) is 0 Å². The topological polar surface area (TPSA) is 105 Å². The molecule has 0 bridgehead atoms. The van der Waals surface area contributed by atoms with Crippen molar-refractivity contribution in [2.24, 2.45) is 5.92 Å². The number of carbonyl (C=O) groups excluding carboxylic acids is 1. The van der Waals surface area contributed by atoms with Crippen LogP contribution < -0.4 is 10.7 Å². The van der Waals surface area contributed by atoms with E-state index in [-0.39, 0.29) is 11.6 Å². The van der Waals surface area contributed by atoms with Crippen molar-refractivity contribution in [3.8, 4) is 12.1 Å². The highest BCUT2D eigenvalue weighted by molar-refractivity contribution is 5.87. The molecule has 1 aliphatic carbocycles. The Kier molecular flexibility index (Phi) is 2.93. The van der Waals surface area contributed by atoms with Gasteiger partial charge in [-0.2, -0.15) is 10.5 Å². The average molecular weight is 309 g/mol. The molecule has 3 aliphatic rings. The Balaban J connectivity index is 1.85. The van der Waals surface area contributed by atoms with Crippen LogP contribution in [-0.4, -0.2) is 16.6 Å². The first-order valence-electron chi connectivity index (χ1n) is 7.66. The molecule has 7 nitrogen and oxygen atoms in total. The maximum Gasteiger partial charge on any atom is 0.261 e. The monoisotopic (exact) mass is 309 g/mol. The third-order valence-corrected chi connectivity index (χ3v) is 4.86. The molecule has 1 spiro atoms. The van der Waals surface area contributed by atoms with Crippen LogP contribution in [0.4, 0.5) is 0 Å². The second-order valence-corrected chi connectivity index (χ2v) is 6.17. The quantitative estimate of drug-likeness (QED) is 0.813. The van der Waals surface area contributed by atoms with Crippen LogP contribution in [-0.2, 0) is 4.79 Å². The minimum atomic E-state index is -0.981. The van der Waals surface area contributed by atoms with Crippen molar-refractivity contribution in [2.75, 3.05) is 0 Å². The number of amides is 1. The summed E-state index contributed by atoms with van der Waals surface area (Å²) in [5.74, 6) is -1.08. The third kappa shape index (κ3) is 1.87. The lowest BCUT2D eigenvalue weighted by Gasteiger charge is -2.30. The van der Waals surface area contributed by atoms with Gasteiger partial charge in [0.25, 0.3) is 5.91 Å². The highest BCUT2D eigenvalue weighted by Gasteiger charge is 2.53. The highest BCUT2D eigenvalue weighted by atomic mass is 16.3. The molecule has 0 radical (unpaired) electrons. The number of carbonyl (C=O) groups is 1. The van der Waals surface area contributed by atoms with Gasteiger partial charge in [-0.1, -0.05) is 0 Å². The van der Waals surface area contributed by atoms with E-state index in [1.807, 2.05) is 6.07 Å². The summed E-state index contributed by atoms with van der Waals surface area (Å²) < 4.78 is 5.40. The number of hydrazine groups is 1. The van der Waals surface area contributed by atoms with Crippen LogP contribution in [0.3, 0.4) is 0 Å². The van der Waals surface area contributed by atoms with Gasteiger partial charge in [0.2, 0.25) is 0 Å². The van der Waals surface area contributed by atoms with Gasteiger partial charge in [-0.3, -0.25) is 4.79 Å². The second-order valence-electron chi connectivity index (χ2n) is 6.17. The summed E-state index contributed by atoms with van der Waals surface area (Å²) in [7, 11) is 0. The van der Waals surface area contributed by atoms with Crippen LogP contribution in [0.5, 0.6) is 0 Å². The van der Waals surface area contributed by atoms with Gasteiger partial charge < -0.3 is 9.73 Å². The Morgan fingerprint density at radius 3 is 2.74 bits per heavy atom. The maximum atomic E-state index is 12.8. The van der Waals surface area contributed by atoms with Crippen molar-refractivity contribution in [1.82, 2.24) is 15.8 Å². The largest absolute Gasteiger partial charge is 0.469 e. The van der Waals surface area contributed by atoms with E-state index in [9.17, 15) is 15.3 Å². The number of allylic oxidation sites excluding steroid dienone is 1. The fourth-order valence-corrected chi connectivity index (χ4v) is 3.77. The lowest BCUT2D eigenvalue weighted by Crippen LogP contribution is -2.51. The summed E-state index contributed by atoms with van der Waals surface area (Å²) in [4.78, 5) is 12.8. The van der Waals surface area contributed by atoms with Gasteiger partial charge in [0.05, 0.1) is 29.9 Å². The summed E-state index contributed by atoms with van der Waals surface area (Å²) in [5, 5.41) is 23.9. The number of rotatable bonds is 1. The molecule has 1 saturated heterocycles. The number of nitrogens with zero attached hydrogens (tertiary/aromatic N) is 3. The normalized spacial score (nSPS) is 28.4. The second kappa shape index (κ2) is 4.87. The predicted octanol–water partition coefficient (Wildman–Crippen LogP) is 1.46. The van der Waals surface area contributed by atoms with E-state index >= 15 is 0 Å². The number of fused-ring (bicyclic) bond motifs is 1. The Morgan fingerprint density at radius 1 is 1.35 bits per heavy atom. The molecule has 1 aromatic rings. The van der Waals surface area contributed by atoms with E-state index in [1.165, 1.54) is 11.3 Å². The average Bonchev–Trinajstić information content (AvgIpc) is 3.29. The fraction of sp³-hybridized carbons (Fsp3) is 0.438. The van der Waals surface area contributed by atoms with Gasteiger partial charge in [0.15, 0.2) is 0 Å². The number of hydrogen-bond acceptors (Lipinski definition) is 6. The molecule has 116 valence electrons. The number of nitrogens with one attached hydrogen (secondary N) is 2. The van der Waals surface area contributed by atoms with E-state index < -0.39 is 11.8 Å². The Morgan fingerprint density at radius 2 is 2.13 bits per heavy atom. The first kappa shape index (κ1) is 13.9. The van der Waals surface area contributed by atoms with E-state index in [2.05, 4.69) is 16.8 Å². The standard InChI is InChI=1S/C16H15N5O2/c17-8-10-13(12-4-3-7-23-12)11(9-18)15(22)21-14(10)19-16(20-21)5-1-2-6-16/h3-4,7,11,13,19-20H,1-2,5-6H2. The van der Waals surface area contributed by atoms with E-state index in [0.717, 1.165) is 25.7 Å². The fourth-order valence-electron chi connectivity index (χ4n) is 3.77. The van der Waals surface area contributed by atoms with Crippen LogP contribution in [0, 0.1) is 28.6 Å². The molecule has 2 N–H and O–H groups in total. The SMILES string of the molecule is N#CC1=C2NC3(CCCC3)NN2C(=O)C(C#N)C1c1ccco1. The molecule has 2 aliphatic heterocycles. The molecule has 7 heteroatoms. The van der Waals surface area contributed by atoms with E-state index in [1.54, 1.807) is 12.1 Å². The molecule has 1 amide bonds. The summed E-state index contributed by atoms with van der Waals surface area (Å²) in [6.45, 7) is 0. The summed E-state index contributed by atoms with van der Waals surface area (Å²) in [6.07, 6.45) is 5.35. The zero-order valence-electron chi connectivity index (χ0n) is 12.4. The van der Waals surface area contributed by atoms with E-state index in [4.69, 9.17) is 4.42 Å². The molecule has 4 rings (SSSR count). The zero-order chi connectivity index (χ0) is 16.0. The third-order valence-electron chi connectivity index (χ3n) is 4.86. The molecule has 3 heterocycles. The Hall–Kier alpha value is -2.77. The summed E-state index contributed by atoms with van der Waals surface area (Å²) in [6, 6.07) is 7.61. The maximum absolute atomic E-state index is 12.8. The molecule has 2 fully saturated rings. The molecular formula is C16H15N5O2. The van der Waals surface area contributed by atoms with Crippen molar-refractivity contribution < 1.29 is 9.21 Å². The van der Waals surface area contributed by atoms with Gasteiger partial charge in [-0.25, -0.2) is 10.4 Å². The van der Waals surface area contributed by atoms with Crippen molar-refractivity contribution >= 4 is 5.91 Å². The van der Waals surface area contributed by atoms with Crippen molar-refractivity contribution in [1.29, 1.82) is 10.5 Å². The van der Waals surface area contributed by atoms with Crippen molar-refractivity contribution in [2.45, 2.75) is 37.3 Å². The van der Waals surface area contributed by atoms with Gasteiger partial charge in [-0.15, -0.1) is 0 Å². The summed E-state index contributed by atoms with van der Waals surface area (Å²) in [5.41, 5.74) is 3.17. The van der Waals surface area contributed by atoms with Crippen molar-refractivity contribution in [3.05, 3.63) is 35.6 Å². The Bertz CT molecular complexity index is 761. The van der Waals surface area contributed by atoms with Gasteiger partial charge in [0, 0.05) is 0 Å². The van der Waals surface area contributed by atoms with Crippen LogP contribution in [0.2, 0.25) is 0 Å². The lowest BCUT2D eigenvalue weighted by atomic mass is 9.81. The predicted molar refractivity (Wildman–Crippen MR) is 77.5 cm³/mol. The molecular weight excluding hydrogens is 294 g/mol. The smallest absolute Gasteiger partial charge is 0.261 e. The van der Waals surface area contributed by atoms with Crippen LogP contribution >= 0.6 is 0 Å². The lowest BCUT2D eigenvalue weighted by molar-refractivity contribution is -0.135. The minimum Gasteiger partial charge on any atom is -0.469 e. The molecule has 23 heavy (non-hydrogen) atoms. The molecule has 0 aromatic carbocycles. The highest BCUT2D eigenvalue weighted by Crippen LogP contribution is 2.43. The first-order chi connectivity index (χ1) is 11.2. The van der Waals surface area contributed by atoms with Gasteiger partial charge >= 0.3 is 0 Å². The van der Waals surface area contributed by atoms with Gasteiger partial charge in [0.1, 0.15) is 23.2 Å². The van der Waals surface area contributed by atoms with Gasteiger partial charge in [-0.05, 0) is 37.8 Å². The van der Waals surface area contributed by atoms with Crippen LogP contribution in [0.15, 0.2) is 34.2 Å². The molecule has 1 aromatic heterocycles. The molecule has 1 saturated carbocycles. The number of nitriles is 2. The van der Waals surface area contributed by atoms with E-state index in [0.29, 0.717) is 17.2 Å². The molecule has 2 unspecified atom stereocenters. The Labute approximate surface area is 133 Å². The van der Waals surface area contributed by atoms with Crippen molar-refractivity contribution in [3.63, 3.8) is 0 Å². The number of furan rings is 1. The minimum absolute atomic E-state index is 0.348. The zero-order valence-corrected chi connectivity index (χ0v) is 12.4. The van der Waals surface area contributed by atoms with Crippen LogP contribution in [0.1, 0.15) is 37.4 Å². The summed E-state index contributed by atoms with van der Waals surface area (Å²) >= 11 is 0. The molecule has 2 atom stereocenters. The first-order valence-corrected chi connectivity index (χ1v) is 7.66. The number of hydrogen-bond donors (Lipinski definition) is 2.